The minimum Gasteiger partial charge on any atom is -0.481 e. The van der Waals surface area contributed by atoms with Gasteiger partial charge in [-0.25, -0.2) is 4.39 Å². The van der Waals surface area contributed by atoms with Crippen molar-refractivity contribution in [2.24, 2.45) is 0 Å². The van der Waals surface area contributed by atoms with Crippen LogP contribution in [0, 0.1) is 22.9 Å². The highest BCUT2D eigenvalue weighted by Gasteiger charge is 2.17. The average molecular weight is 227 g/mol. The molecule has 0 atom stereocenters. The van der Waals surface area contributed by atoms with Crippen LogP contribution in [0.15, 0.2) is 12.1 Å². The normalized spacial score (nSPS) is 10.1. The van der Waals surface area contributed by atoms with Crippen LogP contribution in [0.4, 0.5) is 10.1 Å². The van der Waals surface area contributed by atoms with Crippen molar-refractivity contribution in [2.45, 2.75) is 19.8 Å². The predicted octanol–water partition coefficient (Wildman–Crippen LogP) is 2.06. The van der Waals surface area contributed by atoms with Gasteiger partial charge in [0.2, 0.25) is 0 Å². The maximum Gasteiger partial charge on any atom is 0.303 e. The number of carbonyl (C=O) groups is 1. The zero-order chi connectivity index (χ0) is 12.3. The number of rotatable bonds is 4. The Bertz CT molecular complexity index is 445. The molecule has 1 N–H and O–H groups in total. The monoisotopic (exact) mass is 227 g/mol. The third-order valence-electron chi connectivity index (χ3n) is 2.16. The Morgan fingerprint density at radius 1 is 1.56 bits per heavy atom. The van der Waals surface area contributed by atoms with E-state index in [4.69, 9.17) is 5.11 Å². The van der Waals surface area contributed by atoms with Gasteiger partial charge in [0.15, 0.2) is 0 Å². The summed E-state index contributed by atoms with van der Waals surface area (Å²) in [6.45, 7) is 1.42. The van der Waals surface area contributed by atoms with Gasteiger partial charge in [0.1, 0.15) is 5.82 Å². The fourth-order valence-corrected chi connectivity index (χ4v) is 1.32. The molecule has 6 heteroatoms. The van der Waals surface area contributed by atoms with E-state index in [9.17, 15) is 19.3 Å². The van der Waals surface area contributed by atoms with Crippen LogP contribution in [0.25, 0.3) is 0 Å². The molecule has 0 heterocycles. The average Bonchev–Trinajstić information content (AvgIpc) is 2.18. The van der Waals surface area contributed by atoms with Crippen LogP contribution in [0.5, 0.6) is 0 Å². The molecule has 1 aromatic carbocycles. The lowest BCUT2D eigenvalue weighted by atomic mass is 10.0. The van der Waals surface area contributed by atoms with Crippen LogP contribution in [-0.4, -0.2) is 16.0 Å². The van der Waals surface area contributed by atoms with Gasteiger partial charge in [-0.05, 0) is 25.0 Å². The summed E-state index contributed by atoms with van der Waals surface area (Å²) in [4.78, 5) is 20.4. The number of nitro groups is 1. The van der Waals surface area contributed by atoms with Gasteiger partial charge in [0.05, 0.1) is 4.92 Å². The van der Waals surface area contributed by atoms with Crippen LogP contribution in [0.3, 0.4) is 0 Å². The molecule has 0 aromatic heterocycles. The van der Waals surface area contributed by atoms with E-state index in [0.717, 1.165) is 12.1 Å². The largest absolute Gasteiger partial charge is 0.481 e. The lowest BCUT2D eigenvalue weighted by Gasteiger charge is -2.03. The predicted molar refractivity (Wildman–Crippen MR) is 53.7 cm³/mol. The fourth-order valence-electron chi connectivity index (χ4n) is 1.32. The number of halogens is 1. The molecule has 5 nitrogen and oxygen atoms in total. The molecule has 0 unspecified atom stereocenters. The van der Waals surface area contributed by atoms with Gasteiger partial charge in [-0.15, -0.1) is 0 Å². The molecule has 86 valence electrons. The third-order valence-corrected chi connectivity index (χ3v) is 2.16. The maximum absolute atomic E-state index is 13.2. The summed E-state index contributed by atoms with van der Waals surface area (Å²) >= 11 is 0. The van der Waals surface area contributed by atoms with E-state index in [2.05, 4.69) is 0 Å². The van der Waals surface area contributed by atoms with Gasteiger partial charge in [0.25, 0.3) is 5.69 Å². The summed E-state index contributed by atoms with van der Waals surface area (Å²) in [5, 5.41) is 19.1. The molecule has 0 radical (unpaired) electrons. The number of nitro benzene ring substituents is 1. The van der Waals surface area contributed by atoms with E-state index in [-0.39, 0.29) is 29.7 Å². The van der Waals surface area contributed by atoms with Crippen molar-refractivity contribution >= 4 is 11.7 Å². The fraction of sp³-hybridized carbons (Fsp3) is 0.300. The zero-order valence-corrected chi connectivity index (χ0v) is 8.57. The molecule has 0 bridgehead atoms. The molecule has 0 saturated carbocycles. The number of hydrogen-bond acceptors (Lipinski definition) is 3. The van der Waals surface area contributed by atoms with Crippen LogP contribution in [0.1, 0.15) is 17.5 Å². The van der Waals surface area contributed by atoms with Crippen LogP contribution in [0.2, 0.25) is 0 Å². The van der Waals surface area contributed by atoms with Crippen molar-refractivity contribution in [3.05, 3.63) is 39.2 Å². The molecular formula is C10H10FNO4. The Morgan fingerprint density at radius 3 is 2.69 bits per heavy atom. The van der Waals surface area contributed by atoms with E-state index >= 15 is 0 Å². The van der Waals surface area contributed by atoms with Crippen molar-refractivity contribution in [3.8, 4) is 0 Å². The first-order valence-electron chi connectivity index (χ1n) is 4.57. The quantitative estimate of drug-likeness (QED) is 0.630. The Balaban J connectivity index is 3.09. The number of aliphatic carboxylic acids is 1. The summed E-state index contributed by atoms with van der Waals surface area (Å²) in [6, 6.07) is 2.14. The molecule has 0 spiro atoms. The van der Waals surface area contributed by atoms with Gasteiger partial charge in [-0.3, -0.25) is 14.9 Å². The van der Waals surface area contributed by atoms with Gasteiger partial charge in [0, 0.05) is 18.1 Å². The first-order valence-corrected chi connectivity index (χ1v) is 4.57. The standard InChI is InChI=1S/C10H10FNO4/c1-6-4-9(12(15)16)7(5-8(6)11)2-3-10(13)14/h4-5H,2-3H2,1H3,(H,13,14). The Hall–Kier alpha value is -1.98. The molecule has 1 aromatic rings. The van der Waals surface area contributed by atoms with Crippen molar-refractivity contribution in [1.29, 1.82) is 0 Å². The van der Waals surface area contributed by atoms with Crippen molar-refractivity contribution in [1.82, 2.24) is 0 Å². The first-order chi connectivity index (χ1) is 7.41. The van der Waals surface area contributed by atoms with E-state index in [1.54, 1.807) is 0 Å². The SMILES string of the molecule is Cc1cc([N+](=O)[O-])c(CCC(=O)O)cc1F. The van der Waals surface area contributed by atoms with Gasteiger partial charge in [-0.2, -0.15) is 0 Å². The molecule has 16 heavy (non-hydrogen) atoms. The van der Waals surface area contributed by atoms with Crippen molar-refractivity contribution in [2.75, 3.05) is 0 Å². The van der Waals surface area contributed by atoms with Gasteiger partial charge in [-0.1, -0.05) is 0 Å². The van der Waals surface area contributed by atoms with Crippen LogP contribution >= 0.6 is 0 Å². The van der Waals surface area contributed by atoms with E-state index in [0.29, 0.717) is 0 Å². The molecule has 1 rings (SSSR count). The number of benzene rings is 1. The third kappa shape index (κ3) is 2.75. The minimum atomic E-state index is -1.07. The highest BCUT2D eigenvalue weighted by molar-refractivity contribution is 5.67. The second kappa shape index (κ2) is 4.69. The number of nitrogens with zero attached hydrogens (tertiary/aromatic N) is 1. The van der Waals surface area contributed by atoms with Crippen molar-refractivity contribution < 1.29 is 19.2 Å². The Morgan fingerprint density at radius 2 is 2.19 bits per heavy atom. The molecular weight excluding hydrogens is 217 g/mol. The molecule has 0 aliphatic rings. The molecule has 0 aliphatic heterocycles. The second-order valence-corrected chi connectivity index (χ2v) is 3.38. The number of carboxylic acid groups (broad SMARTS) is 1. The van der Waals surface area contributed by atoms with Gasteiger partial charge < -0.3 is 5.11 Å². The van der Waals surface area contributed by atoms with E-state index < -0.39 is 16.7 Å². The highest BCUT2D eigenvalue weighted by Crippen LogP contribution is 2.23. The van der Waals surface area contributed by atoms with E-state index in [1.807, 2.05) is 0 Å². The summed E-state index contributed by atoms with van der Waals surface area (Å²) < 4.78 is 13.2. The number of aryl methyl sites for hydroxylation is 2. The van der Waals surface area contributed by atoms with Crippen LogP contribution < -0.4 is 0 Å². The Labute approximate surface area is 90.7 Å². The lowest BCUT2D eigenvalue weighted by Crippen LogP contribution is -2.02. The highest BCUT2D eigenvalue weighted by atomic mass is 19.1. The smallest absolute Gasteiger partial charge is 0.303 e. The molecule has 0 aliphatic carbocycles. The topological polar surface area (TPSA) is 80.4 Å². The minimum absolute atomic E-state index is 0.0527. The van der Waals surface area contributed by atoms with E-state index in [1.165, 1.54) is 6.92 Å². The summed E-state index contributed by atoms with van der Waals surface area (Å²) in [7, 11) is 0. The molecule has 0 fully saturated rings. The second-order valence-electron chi connectivity index (χ2n) is 3.38. The zero-order valence-electron chi connectivity index (χ0n) is 8.57. The lowest BCUT2D eigenvalue weighted by molar-refractivity contribution is -0.385. The van der Waals surface area contributed by atoms with Crippen LogP contribution in [-0.2, 0) is 11.2 Å². The summed E-state index contributed by atoms with van der Waals surface area (Å²) in [5.74, 6) is -1.64. The Kier molecular flexibility index (Phi) is 3.55. The number of hydrogen-bond donors (Lipinski definition) is 1. The van der Waals surface area contributed by atoms with Gasteiger partial charge >= 0.3 is 5.97 Å². The first kappa shape index (κ1) is 12.1. The maximum atomic E-state index is 13.2. The summed E-state index contributed by atoms with van der Waals surface area (Å²) in [6.07, 6.45) is -0.313. The summed E-state index contributed by atoms with van der Waals surface area (Å²) in [5.41, 5.74) is 0.0430. The molecule has 0 amide bonds. The number of carboxylic acids is 1. The van der Waals surface area contributed by atoms with Crippen molar-refractivity contribution in [3.63, 3.8) is 0 Å². The molecule has 0 saturated heterocycles.